The monoisotopic (exact) mass is 482 g/mol. The number of alkyl halides is 3. The smallest absolute Gasteiger partial charge is 0.394 e. The van der Waals surface area contributed by atoms with Gasteiger partial charge in [-0.1, -0.05) is 42.5 Å². The lowest BCUT2D eigenvalue weighted by Crippen LogP contribution is -2.33. The Kier molecular flexibility index (Phi) is 6.29. The molecule has 35 heavy (non-hydrogen) atoms. The molecule has 1 aliphatic heterocycles. The van der Waals surface area contributed by atoms with Gasteiger partial charge < -0.3 is 19.9 Å². The van der Waals surface area contributed by atoms with Crippen LogP contribution in [0.25, 0.3) is 11.2 Å². The van der Waals surface area contributed by atoms with Crippen molar-refractivity contribution in [2.45, 2.75) is 38.1 Å². The molecule has 182 valence electrons. The van der Waals surface area contributed by atoms with Crippen LogP contribution >= 0.6 is 0 Å². The fourth-order valence-electron chi connectivity index (χ4n) is 4.37. The first-order valence-corrected chi connectivity index (χ1v) is 11.5. The van der Waals surface area contributed by atoms with Gasteiger partial charge in [0.05, 0.1) is 31.1 Å². The number of aromatic nitrogens is 4. The van der Waals surface area contributed by atoms with Gasteiger partial charge in [0.2, 0.25) is 5.95 Å². The van der Waals surface area contributed by atoms with E-state index in [1.807, 2.05) is 35.2 Å². The topological polar surface area (TPSA) is 79.1 Å². The third-order valence-corrected chi connectivity index (χ3v) is 6.23. The van der Waals surface area contributed by atoms with Crippen LogP contribution in [-0.4, -0.2) is 43.8 Å². The van der Waals surface area contributed by atoms with E-state index in [0.29, 0.717) is 41.6 Å². The molecule has 1 atom stereocenters. The maximum Gasteiger partial charge on any atom is 0.416 e. The Morgan fingerprint density at radius 3 is 2.49 bits per heavy atom. The van der Waals surface area contributed by atoms with Gasteiger partial charge in [0.15, 0.2) is 17.0 Å². The van der Waals surface area contributed by atoms with Gasteiger partial charge in [-0.3, -0.25) is 0 Å². The fraction of sp³-hybridized carbons (Fsp3) is 0.320. The third kappa shape index (κ3) is 4.93. The molecule has 7 nitrogen and oxygen atoms in total. The standard InChI is InChI=1S/C25H25F3N6O/c26-25(27,28)19-10-8-18(9-11-19)14-33-16-30-21-22(29-13-17-5-2-1-3-6-17)31-24(32-23(21)33)34-12-4-7-20(34)15-35/h1-3,5-6,8-11,16,20,35H,4,7,12-15H2,(H,29,31,32). The van der Waals surface area contributed by atoms with E-state index in [0.717, 1.165) is 37.1 Å². The zero-order valence-electron chi connectivity index (χ0n) is 18.9. The zero-order valence-corrected chi connectivity index (χ0v) is 18.9. The van der Waals surface area contributed by atoms with Crippen LogP contribution < -0.4 is 10.2 Å². The maximum atomic E-state index is 12.9. The molecule has 0 radical (unpaired) electrons. The van der Waals surface area contributed by atoms with Crippen LogP contribution in [0.4, 0.5) is 24.9 Å². The van der Waals surface area contributed by atoms with Crippen molar-refractivity contribution in [3.8, 4) is 0 Å². The highest BCUT2D eigenvalue weighted by molar-refractivity contribution is 5.84. The molecule has 1 fully saturated rings. The second-order valence-electron chi connectivity index (χ2n) is 8.62. The van der Waals surface area contributed by atoms with Crippen molar-refractivity contribution in [3.05, 3.63) is 77.6 Å². The molecule has 1 unspecified atom stereocenters. The van der Waals surface area contributed by atoms with Gasteiger partial charge >= 0.3 is 6.18 Å². The van der Waals surface area contributed by atoms with Crippen LogP contribution in [0.5, 0.6) is 0 Å². The van der Waals surface area contributed by atoms with E-state index >= 15 is 0 Å². The number of aliphatic hydroxyl groups is 1. The van der Waals surface area contributed by atoms with Gasteiger partial charge in [0, 0.05) is 13.1 Å². The summed E-state index contributed by atoms with van der Waals surface area (Å²) in [6.45, 7) is 1.61. The van der Waals surface area contributed by atoms with E-state index < -0.39 is 11.7 Å². The highest BCUT2D eigenvalue weighted by Crippen LogP contribution is 2.30. The van der Waals surface area contributed by atoms with Crippen LogP contribution in [0.3, 0.4) is 0 Å². The lowest BCUT2D eigenvalue weighted by molar-refractivity contribution is -0.137. The number of halogens is 3. The van der Waals surface area contributed by atoms with Crippen LogP contribution in [0.1, 0.15) is 29.5 Å². The number of benzene rings is 2. The largest absolute Gasteiger partial charge is 0.416 e. The number of nitrogens with zero attached hydrogens (tertiary/aromatic N) is 5. The maximum absolute atomic E-state index is 12.9. The molecule has 5 rings (SSSR count). The second-order valence-corrected chi connectivity index (χ2v) is 8.62. The minimum Gasteiger partial charge on any atom is -0.394 e. The number of aliphatic hydroxyl groups excluding tert-OH is 1. The van der Waals surface area contributed by atoms with Crippen molar-refractivity contribution < 1.29 is 18.3 Å². The number of anilines is 2. The SMILES string of the molecule is OCC1CCCN1c1nc(NCc2ccccc2)c2ncn(Cc3ccc(C(F)(F)F)cc3)c2n1. The van der Waals surface area contributed by atoms with Gasteiger partial charge in [-0.05, 0) is 36.1 Å². The van der Waals surface area contributed by atoms with E-state index in [1.54, 1.807) is 10.9 Å². The fourth-order valence-corrected chi connectivity index (χ4v) is 4.37. The first-order valence-electron chi connectivity index (χ1n) is 11.5. The van der Waals surface area contributed by atoms with Crippen molar-refractivity contribution in [2.24, 2.45) is 0 Å². The van der Waals surface area contributed by atoms with Crippen molar-refractivity contribution in [1.82, 2.24) is 19.5 Å². The van der Waals surface area contributed by atoms with Crippen LogP contribution in [0.2, 0.25) is 0 Å². The minimum absolute atomic E-state index is 0.0129. The lowest BCUT2D eigenvalue weighted by atomic mass is 10.1. The molecule has 0 bridgehead atoms. The molecule has 4 aromatic rings. The lowest BCUT2D eigenvalue weighted by Gasteiger charge is -2.23. The minimum atomic E-state index is -4.37. The van der Waals surface area contributed by atoms with Crippen LogP contribution in [0.15, 0.2) is 60.9 Å². The van der Waals surface area contributed by atoms with E-state index in [4.69, 9.17) is 9.97 Å². The molecule has 0 amide bonds. The molecule has 1 aliphatic rings. The summed E-state index contributed by atoms with van der Waals surface area (Å²) in [6.07, 6.45) is -0.956. The zero-order chi connectivity index (χ0) is 24.4. The van der Waals surface area contributed by atoms with Crippen LogP contribution in [-0.2, 0) is 19.3 Å². The van der Waals surface area contributed by atoms with E-state index in [2.05, 4.69) is 10.3 Å². The Labute approximate surface area is 200 Å². The normalized spacial score (nSPS) is 16.2. The number of rotatable bonds is 7. The number of hydrogen-bond donors (Lipinski definition) is 2. The number of hydrogen-bond acceptors (Lipinski definition) is 6. The Morgan fingerprint density at radius 1 is 1.00 bits per heavy atom. The summed E-state index contributed by atoms with van der Waals surface area (Å²) < 4.78 is 40.6. The predicted molar refractivity (Wildman–Crippen MR) is 127 cm³/mol. The van der Waals surface area contributed by atoms with Gasteiger partial charge in [-0.15, -0.1) is 0 Å². The first kappa shape index (κ1) is 23.1. The molecule has 1 saturated heterocycles. The summed E-state index contributed by atoms with van der Waals surface area (Å²) in [4.78, 5) is 16.0. The number of imidazole rings is 1. The Morgan fingerprint density at radius 2 is 1.77 bits per heavy atom. The summed E-state index contributed by atoms with van der Waals surface area (Å²) in [6, 6.07) is 14.9. The average molecular weight is 483 g/mol. The van der Waals surface area contributed by atoms with Crippen molar-refractivity contribution in [1.29, 1.82) is 0 Å². The van der Waals surface area contributed by atoms with Gasteiger partial charge in [-0.2, -0.15) is 23.1 Å². The average Bonchev–Trinajstić information content (AvgIpc) is 3.50. The summed E-state index contributed by atoms with van der Waals surface area (Å²) >= 11 is 0. The molecular weight excluding hydrogens is 457 g/mol. The first-order chi connectivity index (χ1) is 16.9. The molecule has 10 heteroatoms. The van der Waals surface area contributed by atoms with Gasteiger partial charge in [0.25, 0.3) is 0 Å². The highest BCUT2D eigenvalue weighted by Gasteiger charge is 2.30. The molecule has 0 aliphatic carbocycles. The van der Waals surface area contributed by atoms with Gasteiger partial charge in [0.1, 0.15) is 0 Å². The molecule has 0 saturated carbocycles. The molecule has 3 heterocycles. The second kappa shape index (κ2) is 9.53. The third-order valence-electron chi connectivity index (χ3n) is 6.23. The molecule has 2 N–H and O–H groups in total. The van der Waals surface area contributed by atoms with Crippen molar-refractivity contribution in [3.63, 3.8) is 0 Å². The molecule has 2 aromatic heterocycles. The van der Waals surface area contributed by atoms with E-state index in [1.165, 1.54) is 12.1 Å². The summed E-state index contributed by atoms with van der Waals surface area (Å²) in [5.74, 6) is 1.07. The predicted octanol–water partition coefficient (Wildman–Crippen LogP) is 4.47. The Balaban J connectivity index is 1.50. The molecular formula is C25H25F3N6O. The Hall–Kier alpha value is -3.66. The van der Waals surface area contributed by atoms with E-state index in [-0.39, 0.29) is 12.6 Å². The van der Waals surface area contributed by atoms with E-state index in [9.17, 15) is 18.3 Å². The molecule has 0 spiro atoms. The van der Waals surface area contributed by atoms with Crippen molar-refractivity contribution in [2.75, 3.05) is 23.4 Å². The quantitative estimate of drug-likeness (QED) is 0.405. The molecule has 2 aromatic carbocycles. The summed E-state index contributed by atoms with van der Waals surface area (Å²) in [7, 11) is 0. The van der Waals surface area contributed by atoms with Gasteiger partial charge in [-0.25, -0.2) is 4.98 Å². The van der Waals surface area contributed by atoms with Crippen molar-refractivity contribution >= 4 is 22.9 Å². The van der Waals surface area contributed by atoms with Crippen LogP contribution in [0, 0.1) is 0 Å². The number of fused-ring (bicyclic) bond motifs is 1. The Bertz CT molecular complexity index is 1290. The highest BCUT2D eigenvalue weighted by atomic mass is 19.4. The number of nitrogens with one attached hydrogen (secondary N) is 1. The summed E-state index contributed by atoms with van der Waals surface area (Å²) in [5.41, 5.74) is 2.26. The summed E-state index contributed by atoms with van der Waals surface area (Å²) in [5, 5.41) is 13.2.